The second-order valence-corrected chi connectivity index (χ2v) is 6.03. The van der Waals surface area contributed by atoms with E-state index >= 15 is 0 Å². The largest absolute Gasteiger partial charge is 0.341 e. The lowest BCUT2D eigenvalue weighted by Crippen LogP contribution is -2.28. The molecular formula is C9H11ClN4O3S. The van der Waals surface area contributed by atoms with Gasteiger partial charge >= 0.3 is 0 Å². The number of nitrogens with one attached hydrogen (secondary N) is 1. The first-order valence-corrected chi connectivity index (χ1v) is 7.20. The van der Waals surface area contributed by atoms with E-state index in [1.54, 1.807) is 6.07 Å². The fraction of sp³-hybridized carbons (Fsp3) is 0.444. The van der Waals surface area contributed by atoms with Crippen LogP contribution in [0, 0.1) is 25.2 Å². The van der Waals surface area contributed by atoms with E-state index in [9.17, 15) is 13.2 Å². The van der Waals surface area contributed by atoms with Crippen LogP contribution in [0.1, 0.15) is 11.4 Å². The zero-order valence-corrected chi connectivity index (χ0v) is 11.3. The van der Waals surface area contributed by atoms with Gasteiger partial charge in [0.25, 0.3) is 9.05 Å². The molecule has 0 radical (unpaired) electrons. The molecule has 0 aliphatic carbocycles. The highest BCUT2D eigenvalue weighted by Gasteiger charge is 2.23. The Morgan fingerprint density at radius 2 is 2.17 bits per heavy atom. The van der Waals surface area contributed by atoms with E-state index in [0.29, 0.717) is 0 Å². The molecule has 0 fully saturated rings. The van der Waals surface area contributed by atoms with Crippen molar-refractivity contribution in [3.63, 3.8) is 0 Å². The van der Waals surface area contributed by atoms with Crippen molar-refractivity contribution >= 4 is 25.6 Å². The lowest BCUT2D eigenvalue weighted by atomic mass is 10.4. The van der Waals surface area contributed by atoms with Crippen LogP contribution in [0.4, 0.5) is 0 Å². The quantitative estimate of drug-likeness (QED) is 0.624. The minimum absolute atomic E-state index is 0.0859. The van der Waals surface area contributed by atoms with Crippen LogP contribution in [0.2, 0.25) is 0 Å². The van der Waals surface area contributed by atoms with Crippen molar-refractivity contribution in [3.05, 3.63) is 11.4 Å². The third-order valence-corrected chi connectivity index (χ3v) is 3.76. The van der Waals surface area contributed by atoms with Gasteiger partial charge < -0.3 is 5.32 Å². The maximum atomic E-state index is 11.4. The van der Waals surface area contributed by atoms with Crippen molar-refractivity contribution in [3.8, 4) is 6.07 Å². The summed E-state index contributed by atoms with van der Waals surface area (Å²) in [7, 11) is 1.39. The van der Waals surface area contributed by atoms with E-state index in [0.717, 1.165) is 0 Å². The molecule has 0 aromatic carbocycles. The molecule has 0 aliphatic heterocycles. The van der Waals surface area contributed by atoms with Crippen molar-refractivity contribution in [2.24, 2.45) is 0 Å². The highest BCUT2D eigenvalue weighted by molar-refractivity contribution is 8.13. The van der Waals surface area contributed by atoms with Crippen LogP contribution in [-0.4, -0.2) is 30.7 Å². The van der Waals surface area contributed by atoms with E-state index in [1.807, 2.05) is 0 Å². The summed E-state index contributed by atoms with van der Waals surface area (Å²) >= 11 is 0. The molecule has 1 aromatic heterocycles. The van der Waals surface area contributed by atoms with Crippen LogP contribution in [-0.2, 0) is 20.4 Å². The zero-order valence-electron chi connectivity index (χ0n) is 9.77. The molecule has 1 aromatic rings. The molecule has 0 spiro atoms. The van der Waals surface area contributed by atoms with Gasteiger partial charge in [0.15, 0.2) is 0 Å². The average Bonchev–Trinajstić information content (AvgIpc) is 2.50. The summed E-state index contributed by atoms with van der Waals surface area (Å²) < 4.78 is 23.9. The van der Waals surface area contributed by atoms with Crippen molar-refractivity contribution in [1.82, 2.24) is 15.1 Å². The number of carbonyl (C=O) groups excluding carboxylic acids is 1. The number of aryl methyl sites for hydroxylation is 1. The van der Waals surface area contributed by atoms with E-state index < -0.39 is 15.0 Å². The SMILES string of the molecule is Cc1nn(CC(=O)NCC#N)c(C)c1S(=O)(=O)Cl. The number of hydrogen-bond acceptors (Lipinski definition) is 5. The van der Waals surface area contributed by atoms with Gasteiger partial charge in [0, 0.05) is 10.7 Å². The summed E-state index contributed by atoms with van der Waals surface area (Å²) in [6.45, 7) is 2.72. The second-order valence-electron chi connectivity index (χ2n) is 3.53. The van der Waals surface area contributed by atoms with Crippen LogP contribution < -0.4 is 5.32 Å². The molecule has 1 heterocycles. The molecule has 0 aliphatic rings. The fourth-order valence-electron chi connectivity index (χ4n) is 1.52. The Morgan fingerprint density at radius 3 is 2.61 bits per heavy atom. The maximum absolute atomic E-state index is 11.4. The highest BCUT2D eigenvalue weighted by Crippen LogP contribution is 2.22. The first-order valence-electron chi connectivity index (χ1n) is 4.89. The lowest BCUT2D eigenvalue weighted by molar-refractivity contribution is -0.121. The van der Waals surface area contributed by atoms with Crippen LogP contribution >= 0.6 is 10.7 Å². The molecule has 0 atom stereocenters. The normalized spacial score (nSPS) is 11.0. The molecule has 9 heteroatoms. The van der Waals surface area contributed by atoms with E-state index in [4.69, 9.17) is 15.9 Å². The number of nitrogens with zero attached hydrogens (tertiary/aromatic N) is 3. The smallest absolute Gasteiger partial charge is 0.264 e. The summed E-state index contributed by atoms with van der Waals surface area (Å²) in [6, 6.07) is 1.76. The molecule has 18 heavy (non-hydrogen) atoms. The molecule has 7 nitrogen and oxygen atoms in total. The fourth-order valence-corrected chi connectivity index (χ4v) is 3.04. The Kier molecular flexibility index (Phi) is 4.32. The number of halogens is 1. The number of aromatic nitrogens is 2. The van der Waals surface area contributed by atoms with Crippen molar-refractivity contribution in [1.29, 1.82) is 5.26 Å². The van der Waals surface area contributed by atoms with Crippen molar-refractivity contribution in [2.75, 3.05) is 6.54 Å². The molecule has 0 unspecified atom stereocenters. The third kappa shape index (κ3) is 3.21. The van der Waals surface area contributed by atoms with Crippen LogP contribution in [0.3, 0.4) is 0 Å². The van der Waals surface area contributed by atoms with Gasteiger partial charge in [0.1, 0.15) is 18.0 Å². The molecule has 1 amide bonds. The van der Waals surface area contributed by atoms with Gasteiger partial charge in [0.05, 0.1) is 17.5 Å². The van der Waals surface area contributed by atoms with Gasteiger partial charge in [-0.25, -0.2) is 8.42 Å². The predicted molar refractivity (Wildman–Crippen MR) is 63.4 cm³/mol. The number of rotatable bonds is 4. The minimum Gasteiger partial charge on any atom is -0.341 e. The highest BCUT2D eigenvalue weighted by atomic mass is 35.7. The number of amides is 1. The van der Waals surface area contributed by atoms with Crippen LogP contribution in [0.5, 0.6) is 0 Å². The summed E-state index contributed by atoms with van der Waals surface area (Å²) in [6.07, 6.45) is 0. The minimum atomic E-state index is -3.89. The van der Waals surface area contributed by atoms with Crippen LogP contribution in [0.25, 0.3) is 0 Å². The van der Waals surface area contributed by atoms with Gasteiger partial charge in [-0.2, -0.15) is 10.4 Å². The molecule has 1 rings (SSSR count). The summed E-state index contributed by atoms with van der Waals surface area (Å²) in [5.74, 6) is -0.430. The Morgan fingerprint density at radius 1 is 1.56 bits per heavy atom. The Labute approximate surface area is 109 Å². The van der Waals surface area contributed by atoms with Gasteiger partial charge in [-0.1, -0.05) is 0 Å². The topological polar surface area (TPSA) is 105 Å². The zero-order chi connectivity index (χ0) is 13.9. The van der Waals surface area contributed by atoms with E-state index in [2.05, 4.69) is 10.4 Å². The predicted octanol–water partition coefficient (Wildman–Crippen LogP) is 0.0672. The van der Waals surface area contributed by atoms with Crippen molar-refractivity contribution < 1.29 is 13.2 Å². The second kappa shape index (κ2) is 5.37. The Bertz CT molecular complexity index is 614. The summed E-state index contributed by atoms with van der Waals surface area (Å²) in [4.78, 5) is 11.3. The van der Waals surface area contributed by atoms with Gasteiger partial charge in [-0.05, 0) is 13.8 Å². The number of hydrogen-bond donors (Lipinski definition) is 1. The summed E-state index contributed by atoms with van der Waals surface area (Å²) in [5.41, 5.74) is 0.519. The average molecular weight is 291 g/mol. The molecule has 0 bridgehead atoms. The standard InChI is InChI=1S/C9H11ClN4O3S/c1-6-9(18(10,16)17)7(2)14(13-6)5-8(15)12-4-3-11/h4-5H2,1-2H3,(H,12,15). The van der Waals surface area contributed by atoms with E-state index in [-0.39, 0.29) is 29.4 Å². The molecule has 98 valence electrons. The Balaban J connectivity index is 3.01. The molecule has 0 saturated carbocycles. The van der Waals surface area contributed by atoms with Gasteiger partial charge in [-0.15, -0.1) is 0 Å². The lowest BCUT2D eigenvalue weighted by Gasteiger charge is -2.04. The van der Waals surface area contributed by atoms with Crippen molar-refractivity contribution in [2.45, 2.75) is 25.3 Å². The van der Waals surface area contributed by atoms with E-state index in [1.165, 1.54) is 18.5 Å². The first-order chi connectivity index (χ1) is 8.27. The number of nitriles is 1. The molecular weight excluding hydrogens is 280 g/mol. The first kappa shape index (κ1) is 14.5. The van der Waals surface area contributed by atoms with Gasteiger partial charge in [0.2, 0.25) is 5.91 Å². The third-order valence-electron chi connectivity index (χ3n) is 2.22. The Hall–Kier alpha value is -1.59. The maximum Gasteiger partial charge on any atom is 0.264 e. The number of carbonyl (C=O) groups is 1. The summed E-state index contributed by atoms with van der Waals surface area (Å²) in [5, 5.41) is 14.6. The van der Waals surface area contributed by atoms with Crippen LogP contribution in [0.15, 0.2) is 4.90 Å². The van der Waals surface area contributed by atoms with Gasteiger partial charge in [-0.3, -0.25) is 9.48 Å². The molecule has 1 N–H and O–H groups in total. The molecule has 0 saturated heterocycles. The monoisotopic (exact) mass is 290 g/mol.